The second kappa shape index (κ2) is 4.09. The zero-order valence-corrected chi connectivity index (χ0v) is 11.4. The van der Waals surface area contributed by atoms with Crippen LogP contribution in [0.2, 0.25) is 0 Å². The monoisotopic (exact) mass is 255 g/mol. The molecule has 0 unspecified atom stereocenters. The van der Waals surface area contributed by atoms with Gasteiger partial charge in [0.15, 0.2) is 0 Å². The molecule has 3 aliphatic rings. The Bertz CT molecular complexity index is 490. The molecule has 0 saturated heterocycles. The highest BCUT2D eigenvalue weighted by Crippen LogP contribution is 2.69. The third-order valence-electron chi connectivity index (χ3n) is 5.67. The van der Waals surface area contributed by atoms with Crippen molar-refractivity contribution in [2.24, 2.45) is 29.6 Å². The van der Waals surface area contributed by atoms with Gasteiger partial charge in [-0.3, -0.25) is 4.79 Å². The van der Waals surface area contributed by atoms with E-state index < -0.39 is 0 Å². The fourth-order valence-corrected chi connectivity index (χ4v) is 4.72. The molecule has 2 nitrogen and oxygen atoms in total. The zero-order chi connectivity index (χ0) is 13.0. The quantitative estimate of drug-likeness (QED) is 0.880. The Kier molecular flexibility index (Phi) is 2.48. The fraction of sp³-hybridized carbons (Fsp3) is 0.588. The van der Waals surface area contributed by atoms with Crippen LogP contribution in [0.3, 0.4) is 0 Å². The number of nitrogens with one attached hydrogen (secondary N) is 1. The summed E-state index contributed by atoms with van der Waals surface area (Å²) in [5.74, 6) is 3.80. The molecular formula is C17H21NO. The van der Waals surface area contributed by atoms with E-state index in [1.807, 2.05) is 12.1 Å². The van der Waals surface area contributed by atoms with E-state index in [-0.39, 0.29) is 5.91 Å². The maximum atomic E-state index is 12.4. The van der Waals surface area contributed by atoms with Crippen LogP contribution in [0.15, 0.2) is 24.3 Å². The lowest BCUT2D eigenvalue weighted by Gasteiger charge is -2.10. The Hall–Kier alpha value is -1.31. The van der Waals surface area contributed by atoms with Crippen LogP contribution in [0.25, 0.3) is 0 Å². The van der Waals surface area contributed by atoms with Crippen molar-refractivity contribution in [1.29, 1.82) is 0 Å². The van der Waals surface area contributed by atoms with Crippen molar-refractivity contribution >= 4 is 11.6 Å². The SMILES string of the molecule is CCc1ccc(NC(=O)C2[C@H]3[C@@H]4CC[C@H](C4)[C@H]23)cc1. The summed E-state index contributed by atoms with van der Waals surface area (Å²) in [5.41, 5.74) is 2.28. The molecule has 3 saturated carbocycles. The minimum Gasteiger partial charge on any atom is -0.326 e. The minimum atomic E-state index is 0.274. The smallest absolute Gasteiger partial charge is 0.228 e. The summed E-state index contributed by atoms with van der Waals surface area (Å²) in [6.45, 7) is 2.15. The summed E-state index contributed by atoms with van der Waals surface area (Å²) < 4.78 is 0. The lowest BCUT2D eigenvalue weighted by atomic mass is 10.0. The molecule has 2 heteroatoms. The molecular weight excluding hydrogens is 234 g/mol. The first kappa shape index (κ1) is 11.5. The standard InChI is InChI=1S/C17H21NO/c1-2-10-3-7-13(8-4-10)18-17(19)16-14-11-5-6-12(9-11)15(14)16/h3-4,7-8,11-12,14-16H,2,5-6,9H2,1H3,(H,18,19)/t11-,12-,14+,15+/m1/s1. The topological polar surface area (TPSA) is 29.1 Å². The van der Waals surface area contributed by atoms with Gasteiger partial charge in [0.25, 0.3) is 0 Å². The lowest BCUT2D eigenvalue weighted by molar-refractivity contribution is -0.118. The van der Waals surface area contributed by atoms with E-state index in [0.717, 1.165) is 35.8 Å². The average molecular weight is 255 g/mol. The second-order valence-corrected chi connectivity index (χ2v) is 6.55. The average Bonchev–Trinajstić information content (AvgIpc) is 2.89. The number of fused-ring (bicyclic) bond motifs is 5. The van der Waals surface area contributed by atoms with Crippen LogP contribution in [-0.4, -0.2) is 5.91 Å². The van der Waals surface area contributed by atoms with Gasteiger partial charge < -0.3 is 5.32 Å². The maximum absolute atomic E-state index is 12.4. The third kappa shape index (κ3) is 1.73. The first-order chi connectivity index (χ1) is 9.28. The summed E-state index contributed by atoms with van der Waals surface area (Å²) in [6, 6.07) is 8.27. The Morgan fingerprint density at radius 1 is 1.16 bits per heavy atom. The number of benzene rings is 1. The van der Waals surface area contributed by atoms with Gasteiger partial charge in [0, 0.05) is 11.6 Å². The number of aryl methyl sites for hydroxylation is 1. The van der Waals surface area contributed by atoms with E-state index in [4.69, 9.17) is 0 Å². The molecule has 1 amide bonds. The Morgan fingerprint density at radius 2 is 1.79 bits per heavy atom. The van der Waals surface area contributed by atoms with Gasteiger partial charge in [-0.05, 0) is 67.1 Å². The number of anilines is 1. The van der Waals surface area contributed by atoms with Crippen molar-refractivity contribution in [3.8, 4) is 0 Å². The van der Waals surface area contributed by atoms with E-state index in [0.29, 0.717) is 5.92 Å². The molecule has 0 aliphatic heterocycles. The van der Waals surface area contributed by atoms with Crippen molar-refractivity contribution in [1.82, 2.24) is 0 Å². The van der Waals surface area contributed by atoms with Crippen LogP contribution in [0.5, 0.6) is 0 Å². The minimum absolute atomic E-state index is 0.274. The first-order valence-electron chi connectivity index (χ1n) is 7.67. The summed E-state index contributed by atoms with van der Waals surface area (Å²) in [5, 5.41) is 3.11. The number of rotatable bonds is 3. The number of amides is 1. The number of hydrogen-bond donors (Lipinski definition) is 1. The van der Waals surface area contributed by atoms with Crippen molar-refractivity contribution in [3.05, 3.63) is 29.8 Å². The van der Waals surface area contributed by atoms with Crippen molar-refractivity contribution in [2.45, 2.75) is 32.6 Å². The molecule has 0 radical (unpaired) electrons. The summed E-state index contributed by atoms with van der Waals surface area (Å²) in [4.78, 5) is 12.4. The van der Waals surface area contributed by atoms with Crippen LogP contribution < -0.4 is 5.32 Å². The largest absolute Gasteiger partial charge is 0.326 e. The normalized spacial score (nSPS) is 38.1. The third-order valence-corrected chi connectivity index (χ3v) is 5.67. The predicted octanol–water partition coefficient (Wildman–Crippen LogP) is 3.48. The van der Waals surface area contributed by atoms with Gasteiger partial charge in [-0.25, -0.2) is 0 Å². The van der Waals surface area contributed by atoms with Gasteiger partial charge in [-0.2, -0.15) is 0 Å². The molecule has 0 aromatic heterocycles. The van der Waals surface area contributed by atoms with Gasteiger partial charge in [0.2, 0.25) is 5.91 Å². The highest BCUT2D eigenvalue weighted by Gasteiger charge is 2.67. The molecule has 1 aromatic carbocycles. The fourth-order valence-electron chi connectivity index (χ4n) is 4.72. The predicted molar refractivity (Wildman–Crippen MR) is 75.8 cm³/mol. The molecule has 4 atom stereocenters. The number of carbonyl (C=O) groups excluding carboxylic acids is 1. The molecule has 1 aromatic rings. The van der Waals surface area contributed by atoms with Gasteiger partial charge >= 0.3 is 0 Å². The van der Waals surface area contributed by atoms with Crippen molar-refractivity contribution < 1.29 is 4.79 Å². The highest BCUT2D eigenvalue weighted by atomic mass is 16.2. The molecule has 3 aliphatic carbocycles. The molecule has 0 heterocycles. The van der Waals surface area contributed by atoms with Crippen LogP contribution in [0, 0.1) is 29.6 Å². The van der Waals surface area contributed by atoms with E-state index in [2.05, 4.69) is 24.4 Å². The molecule has 19 heavy (non-hydrogen) atoms. The van der Waals surface area contributed by atoms with E-state index >= 15 is 0 Å². The Morgan fingerprint density at radius 3 is 2.37 bits per heavy atom. The summed E-state index contributed by atoms with van der Waals surface area (Å²) in [6.07, 6.45) is 5.20. The van der Waals surface area contributed by atoms with Crippen LogP contribution in [0.1, 0.15) is 31.7 Å². The van der Waals surface area contributed by atoms with Gasteiger partial charge in [0.05, 0.1) is 0 Å². The highest BCUT2D eigenvalue weighted by molar-refractivity contribution is 5.95. The molecule has 4 rings (SSSR count). The van der Waals surface area contributed by atoms with Crippen LogP contribution in [-0.2, 0) is 11.2 Å². The van der Waals surface area contributed by atoms with Gasteiger partial charge in [0.1, 0.15) is 0 Å². The number of carbonyl (C=O) groups is 1. The molecule has 1 N–H and O–H groups in total. The first-order valence-corrected chi connectivity index (χ1v) is 7.67. The van der Waals surface area contributed by atoms with Crippen molar-refractivity contribution in [2.75, 3.05) is 5.32 Å². The van der Waals surface area contributed by atoms with Gasteiger partial charge in [-0.1, -0.05) is 19.1 Å². The molecule has 0 spiro atoms. The van der Waals surface area contributed by atoms with Gasteiger partial charge in [-0.15, -0.1) is 0 Å². The summed E-state index contributed by atoms with van der Waals surface area (Å²) >= 11 is 0. The molecule has 3 fully saturated rings. The van der Waals surface area contributed by atoms with E-state index in [1.54, 1.807) is 0 Å². The maximum Gasteiger partial charge on any atom is 0.228 e. The van der Waals surface area contributed by atoms with E-state index in [1.165, 1.54) is 24.8 Å². The van der Waals surface area contributed by atoms with Crippen LogP contribution >= 0.6 is 0 Å². The lowest BCUT2D eigenvalue weighted by Crippen LogP contribution is -2.18. The second-order valence-electron chi connectivity index (χ2n) is 6.55. The van der Waals surface area contributed by atoms with Crippen LogP contribution in [0.4, 0.5) is 5.69 Å². The zero-order valence-electron chi connectivity index (χ0n) is 11.4. The molecule has 2 bridgehead atoms. The molecule has 100 valence electrons. The summed E-state index contributed by atoms with van der Waals surface area (Å²) in [7, 11) is 0. The van der Waals surface area contributed by atoms with E-state index in [9.17, 15) is 4.79 Å². The Labute approximate surface area is 114 Å². The Balaban J connectivity index is 1.42. The number of hydrogen-bond acceptors (Lipinski definition) is 1. The van der Waals surface area contributed by atoms with Crippen molar-refractivity contribution in [3.63, 3.8) is 0 Å².